The molecule has 13 rings (SSSR count). The van der Waals surface area contributed by atoms with Gasteiger partial charge in [0, 0.05) is 57.4 Å². The van der Waals surface area contributed by atoms with E-state index < -0.39 is 0 Å². The number of thiophene rings is 2. The minimum Gasteiger partial charge on any atom is -0.311 e. The molecule has 11 aromatic carbocycles. The second-order valence-electron chi connectivity index (χ2n) is 17.6. The molecule has 0 atom stereocenters. The normalized spacial score (nSPS) is 11.5. The third-order valence-electron chi connectivity index (χ3n) is 13.5. The Morgan fingerprint density at radius 3 is 0.928 bits per heavy atom. The molecule has 0 saturated carbocycles. The van der Waals surface area contributed by atoms with Gasteiger partial charge in [0.15, 0.2) is 0 Å². The van der Waals surface area contributed by atoms with Crippen LogP contribution in [0.5, 0.6) is 0 Å². The van der Waals surface area contributed by atoms with E-state index in [-0.39, 0.29) is 0 Å². The Morgan fingerprint density at radius 2 is 0.522 bits per heavy atom. The van der Waals surface area contributed by atoms with Crippen LogP contribution >= 0.6 is 22.7 Å². The first-order valence-electron chi connectivity index (χ1n) is 23.5. The van der Waals surface area contributed by atoms with Crippen molar-refractivity contribution in [2.75, 3.05) is 4.90 Å². The predicted octanol–water partition coefficient (Wildman–Crippen LogP) is 19.9. The van der Waals surface area contributed by atoms with Crippen molar-refractivity contribution >= 4 is 80.1 Å². The SMILES string of the molecule is c1ccc(-c2cc(-c3ccccc3)cc(-c3ccc(-c4ccc(N(c5ccc(-c6cccc7c6sc6ccccc67)cc5)c5ccc(-c6cccc7c6sc6ccccc67)cc5)cc4)cc3)c2)cc1. The third kappa shape index (κ3) is 7.59. The Bertz CT molecular complexity index is 3750. The summed E-state index contributed by atoms with van der Waals surface area (Å²) in [7, 11) is 0. The van der Waals surface area contributed by atoms with Gasteiger partial charge in [0.1, 0.15) is 0 Å². The van der Waals surface area contributed by atoms with Crippen LogP contribution in [0.15, 0.2) is 261 Å². The van der Waals surface area contributed by atoms with E-state index in [9.17, 15) is 0 Å². The van der Waals surface area contributed by atoms with Gasteiger partial charge in [-0.2, -0.15) is 0 Å². The topological polar surface area (TPSA) is 3.24 Å². The first-order chi connectivity index (χ1) is 34.2. The zero-order chi connectivity index (χ0) is 45.7. The van der Waals surface area contributed by atoms with Crippen LogP contribution in [0.2, 0.25) is 0 Å². The third-order valence-corrected chi connectivity index (χ3v) is 15.9. The summed E-state index contributed by atoms with van der Waals surface area (Å²) in [6.07, 6.45) is 0. The van der Waals surface area contributed by atoms with Gasteiger partial charge in [0.2, 0.25) is 0 Å². The van der Waals surface area contributed by atoms with Crippen LogP contribution in [-0.2, 0) is 0 Å². The van der Waals surface area contributed by atoms with E-state index in [1.165, 1.54) is 107 Å². The first kappa shape index (κ1) is 40.9. The Kier molecular flexibility index (Phi) is 10.3. The van der Waals surface area contributed by atoms with E-state index in [1.54, 1.807) is 0 Å². The first-order valence-corrected chi connectivity index (χ1v) is 25.1. The molecule has 0 unspecified atom stereocenters. The standard InChI is InChI=1S/C66H43NS2/c1-3-13-44(14-4-1)51-41-52(45-15-5-2-6-16-45)43-53(42-51)48-27-25-46(26-28-48)47-29-35-54(36-30-47)67(55-37-31-49(32-38-55)57-19-11-21-61-59-17-7-9-23-63(59)68-65(57)61)56-39-33-50(34-40-56)58-20-12-22-62-60-18-8-10-24-64(60)69-66(58)62/h1-43H. The van der Waals surface area contributed by atoms with E-state index in [1.807, 2.05) is 22.7 Å². The number of hydrogen-bond acceptors (Lipinski definition) is 3. The van der Waals surface area contributed by atoms with Crippen LogP contribution in [0.25, 0.3) is 107 Å². The quantitative estimate of drug-likeness (QED) is 0.139. The average Bonchev–Trinajstić information content (AvgIpc) is 4.01. The number of nitrogens with zero attached hydrogens (tertiary/aromatic N) is 1. The van der Waals surface area contributed by atoms with E-state index in [2.05, 4.69) is 266 Å². The van der Waals surface area contributed by atoms with Crippen LogP contribution in [0, 0.1) is 0 Å². The molecule has 0 fully saturated rings. The molecule has 2 heterocycles. The van der Waals surface area contributed by atoms with Gasteiger partial charge in [-0.1, -0.05) is 194 Å². The second-order valence-corrected chi connectivity index (χ2v) is 19.7. The van der Waals surface area contributed by atoms with Gasteiger partial charge in [-0.25, -0.2) is 0 Å². The molecule has 13 aromatic rings. The Hall–Kier alpha value is -8.34. The van der Waals surface area contributed by atoms with Gasteiger partial charge >= 0.3 is 0 Å². The molecule has 0 spiro atoms. The van der Waals surface area contributed by atoms with Gasteiger partial charge in [0.25, 0.3) is 0 Å². The number of hydrogen-bond donors (Lipinski definition) is 0. The summed E-state index contributed by atoms with van der Waals surface area (Å²) in [5.41, 5.74) is 17.8. The highest BCUT2D eigenvalue weighted by Gasteiger charge is 2.17. The number of anilines is 3. The van der Waals surface area contributed by atoms with Crippen LogP contribution in [-0.4, -0.2) is 0 Å². The highest BCUT2D eigenvalue weighted by Crippen LogP contribution is 2.44. The monoisotopic (exact) mass is 913 g/mol. The van der Waals surface area contributed by atoms with Crippen molar-refractivity contribution in [1.29, 1.82) is 0 Å². The van der Waals surface area contributed by atoms with Crippen LogP contribution in [0.1, 0.15) is 0 Å². The van der Waals surface area contributed by atoms with Crippen LogP contribution in [0.4, 0.5) is 17.1 Å². The Balaban J connectivity index is 0.851. The maximum atomic E-state index is 2.38. The highest BCUT2D eigenvalue weighted by atomic mass is 32.1. The Morgan fingerprint density at radius 1 is 0.217 bits per heavy atom. The summed E-state index contributed by atoms with van der Waals surface area (Å²) >= 11 is 3.75. The molecule has 0 aliphatic heterocycles. The van der Waals surface area contributed by atoms with Crippen LogP contribution in [0.3, 0.4) is 0 Å². The molecule has 0 radical (unpaired) electrons. The maximum absolute atomic E-state index is 2.38. The lowest BCUT2D eigenvalue weighted by molar-refractivity contribution is 1.28. The van der Waals surface area contributed by atoms with E-state index >= 15 is 0 Å². The minimum absolute atomic E-state index is 1.10. The van der Waals surface area contributed by atoms with Crippen molar-refractivity contribution in [3.05, 3.63) is 261 Å². The Labute approximate surface area is 410 Å². The fourth-order valence-corrected chi connectivity index (χ4v) is 12.5. The summed E-state index contributed by atoms with van der Waals surface area (Å²) in [5.74, 6) is 0. The average molecular weight is 914 g/mol. The number of benzene rings is 11. The molecular formula is C66H43NS2. The molecule has 69 heavy (non-hydrogen) atoms. The number of fused-ring (bicyclic) bond motifs is 6. The second kappa shape index (κ2) is 17.4. The molecule has 0 saturated heterocycles. The maximum Gasteiger partial charge on any atom is 0.0462 e. The number of rotatable bonds is 9. The summed E-state index contributed by atoms with van der Waals surface area (Å²) in [6, 6.07) is 95.5. The van der Waals surface area contributed by atoms with Crippen molar-refractivity contribution in [3.8, 4) is 66.8 Å². The van der Waals surface area contributed by atoms with E-state index in [4.69, 9.17) is 0 Å². The summed E-state index contributed by atoms with van der Waals surface area (Å²) in [6.45, 7) is 0. The summed E-state index contributed by atoms with van der Waals surface area (Å²) in [5, 5.41) is 5.27. The van der Waals surface area contributed by atoms with Crippen molar-refractivity contribution in [1.82, 2.24) is 0 Å². The van der Waals surface area contributed by atoms with Crippen molar-refractivity contribution < 1.29 is 0 Å². The van der Waals surface area contributed by atoms with Gasteiger partial charge in [-0.05, 0) is 133 Å². The van der Waals surface area contributed by atoms with Crippen molar-refractivity contribution in [2.45, 2.75) is 0 Å². The van der Waals surface area contributed by atoms with E-state index in [0.717, 1.165) is 17.1 Å². The molecule has 2 aromatic heterocycles. The van der Waals surface area contributed by atoms with E-state index in [0.29, 0.717) is 0 Å². The zero-order valence-electron chi connectivity index (χ0n) is 37.6. The fourth-order valence-electron chi connectivity index (χ4n) is 10.0. The van der Waals surface area contributed by atoms with Gasteiger partial charge in [-0.15, -0.1) is 22.7 Å². The highest BCUT2D eigenvalue weighted by molar-refractivity contribution is 7.26. The molecule has 0 bridgehead atoms. The molecule has 1 nitrogen and oxygen atoms in total. The molecule has 0 N–H and O–H groups in total. The molecule has 0 aliphatic carbocycles. The minimum atomic E-state index is 1.10. The molecule has 324 valence electrons. The largest absolute Gasteiger partial charge is 0.311 e. The smallest absolute Gasteiger partial charge is 0.0462 e. The lowest BCUT2D eigenvalue weighted by atomic mass is 9.92. The lowest BCUT2D eigenvalue weighted by Crippen LogP contribution is -2.09. The summed E-state index contributed by atoms with van der Waals surface area (Å²) in [4.78, 5) is 2.38. The summed E-state index contributed by atoms with van der Waals surface area (Å²) < 4.78 is 5.29. The van der Waals surface area contributed by atoms with Gasteiger partial charge < -0.3 is 4.90 Å². The molecule has 3 heteroatoms. The van der Waals surface area contributed by atoms with Gasteiger partial charge in [0.05, 0.1) is 0 Å². The predicted molar refractivity (Wildman–Crippen MR) is 300 cm³/mol. The molecule has 0 aliphatic rings. The zero-order valence-corrected chi connectivity index (χ0v) is 39.2. The van der Waals surface area contributed by atoms with Gasteiger partial charge in [-0.3, -0.25) is 0 Å². The van der Waals surface area contributed by atoms with Crippen molar-refractivity contribution in [2.24, 2.45) is 0 Å². The van der Waals surface area contributed by atoms with Crippen LogP contribution < -0.4 is 4.90 Å². The lowest BCUT2D eigenvalue weighted by Gasteiger charge is -2.26. The fraction of sp³-hybridized carbons (Fsp3) is 0. The van der Waals surface area contributed by atoms with Crippen molar-refractivity contribution in [3.63, 3.8) is 0 Å². The molecule has 0 amide bonds. The molecular weight excluding hydrogens is 871 g/mol.